The summed E-state index contributed by atoms with van der Waals surface area (Å²) >= 11 is 6.17. The molecular formula is C17H20ClNO4. The molecule has 0 saturated carbocycles. The topological polar surface area (TPSA) is 68.4 Å². The van der Waals surface area contributed by atoms with E-state index in [1.54, 1.807) is 12.3 Å². The molecule has 1 N–H and O–H groups in total. The molecule has 0 spiro atoms. The Morgan fingerprint density at radius 2 is 2.13 bits per heavy atom. The predicted octanol–water partition coefficient (Wildman–Crippen LogP) is 3.64. The number of fused-ring (bicyclic) bond motifs is 1. The van der Waals surface area contributed by atoms with E-state index >= 15 is 0 Å². The number of unbranched alkanes of at least 4 members (excludes halogenated alkanes) is 1. The summed E-state index contributed by atoms with van der Waals surface area (Å²) in [6.45, 7) is 3.85. The average Bonchev–Trinajstić information content (AvgIpc) is 2.91. The number of hydrogen-bond donors (Lipinski definition) is 1. The third-order valence-electron chi connectivity index (χ3n) is 3.45. The van der Waals surface area contributed by atoms with Gasteiger partial charge >= 0.3 is 11.9 Å². The van der Waals surface area contributed by atoms with Crippen LogP contribution < -0.4 is 0 Å². The molecule has 1 aromatic heterocycles. The molecule has 1 atom stereocenters. The van der Waals surface area contributed by atoms with Crippen molar-refractivity contribution in [1.29, 1.82) is 0 Å². The number of ether oxygens (including phenoxy) is 2. The van der Waals surface area contributed by atoms with E-state index in [-0.39, 0.29) is 6.42 Å². The molecule has 0 saturated heterocycles. The van der Waals surface area contributed by atoms with Gasteiger partial charge in [-0.25, -0.2) is 4.79 Å². The highest BCUT2D eigenvalue weighted by Gasteiger charge is 2.20. The van der Waals surface area contributed by atoms with Crippen LogP contribution in [0.3, 0.4) is 0 Å². The first-order valence-electron chi connectivity index (χ1n) is 7.63. The van der Waals surface area contributed by atoms with Crippen LogP contribution in [0, 0.1) is 0 Å². The fraction of sp³-hybridized carbons (Fsp3) is 0.412. The number of rotatable bonds is 7. The number of nitrogens with one attached hydrogen (secondary N) is 1. The maximum absolute atomic E-state index is 12.0. The third-order valence-corrected chi connectivity index (χ3v) is 3.77. The molecule has 0 aliphatic rings. The summed E-state index contributed by atoms with van der Waals surface area (Å²) in [7, 11) is 0. The van der Waals surface area contributed by atoms with Crippen molar-refractivity contribution in [3.8, 4) is 0 Å². The van der Waals surface area contributed by atoms with E-state index in [2.05, 4.69) is 4.98 Å². The first-order valence-corrected chi connectivity index (χ1v) is 8.01. The van der Waals surface area contributed by atoms with Crippen molar-refractivity contribution in [2.75, 3.05) is 6.61 Å². The monoisotopic (exact) mass is 337 g/mol. The molecular weight excluding hydrogens is 318 g/mol. The van der Waals surface area contributed by atoms with Gasteiger partial charge < -0.3 is 14.5 Å². The van der Waals surface area contributed by atoms with E-state index in [1.165, 1.54) is 6.92 Å². The maximum atomic E-state index is 12.0. The van der Waals surface area contributed by atoms with Crippen molar-refractivity contribution in [2.45, 2.75) is 39.2 Å². The smallest absolute Gasteiger partial charge is 0.347 e. The number of benzene rings is 1. The fourth-order valence-electron chi connectivity index (χ4n) is 2.22. The van der Waals surface area contributed by atoms with Crippen molar-refractivity contribution in [1.82, 2.24) is 4.98 Å². The lowest BCUT2D eigenvalue weighted by atomic mass is 10.1. The number of H-pyrrole nitrogens is 1. The first kappa shape index (κ1) is 17.3. The summed E-state index contributed by atoms with van der Waals surface area (Å²) in [6.07, 6.45) is 2.57. The van der Waals surface area contributed by atoms with Gasteiger partial charge in [0, 0.05) is 17.1 Å². The van der Waals surface area contributed by atoms with Gasteiger partial charge in [-0.3, -0.25) is 4.79 Å². The molecule has 1 heterocycles. The Kier molecular flexibility index (Phi) is 6.04. The molecule has 0 aliphatic heterocycles. The van der Waals surface area contributed by atoms with E-state index in [1.807, 2.05) is 19.1 Å². The Bertz CT molecular complexity index is 695. The van der Waals surface area contributed by atoms with Crippen LogP contribution in [0.1, 0.15) is 32.3 Å². The number of halogens is 1. The van der Waals surface area contributed by atoms with Crippen molar-refractivity contribution in [3.63, 3.8) is 0 Å². The summed E-state index contributed by atoms with van der Waals surface area (Å²) in [5, 5.41) is 1.36. The van der Waals surface area contributed by atoms with Gasteiger partial charge in [0.1, 0.15) is 0 Å². The van der Waals surface area contributed by atoms with E-state index in [4.69, 9.17) is 21.1 Å². The van der Waals surface area contributed by atoms with Crippen LogP contribution in [-0.4, -0.2) is 29.6 Å². The van der Waals surface area contributed by atoms with Crippen LogP contribution in [0.5, 0.6) is 0 Å². The largest absolute Gasteiger partial charge is 0.463 e. The minimum absolute atomic E-state index is 0.0380. The summed E-state index contributed by atoms with van der Waals surface area (Å²) in [4.78, 5) is 26.8. The maximum Gasteiger partial charge on any atom is 0.347 e. The molecule has 2 aromatic rings. The highest BCUT2D eigenvalue weighted by atomic mass is 35.5. The number of hydrogen-bond acceptors (Lipinski definition) is 4. The fourth-order valence-corrected chi connectivity index (χ4v) is 2.52. The summed E-state index contributed by atoms with van der Waals surface area (Å²) in [5.41, 5.74) is 1.59. The normalized spacial score (nSPS) is 12.1. The van der Waals surface area contributed by atoms with Crippen LogP contribution in [0.15, 0.2) is 24.4 Å². The standard InChI is InChI=1S/C17H20ClNO4/c1-3-4-8-22-17(21)11(2)23-15(20)9-12-10-19-14-7-5-6-13(18)16(12)14/h5-7,10-11,19H,3-4,8-9H2,1-2H3/t11-/m0/s1. The van der Waals surface area contributed by atoms with E-state index in [9.17, 15) is 9.59 Å². The lowest BCUT2D eigenvalue weighted by molar-refractivity contribution is -0.166. The van der Waals surface area contributed by atoms with Gasteiger partial charge in [0.15, 0.2) is 6.10 Å². The zero-order valence-electron chi connectivity index (χ0n) is 13.2. The Morgan fingerprint density at radius 1 is 1.35 bits per heavy atom. The number of carbonyl (C=O) groups is 2. The highest BCUT2D eigenvalue weighted by Crippen LogP contribution is 2.27. The van der Waals surface area contributed by atoms with E-state index in [0.717, 1.165) is 29.3 Å². The van der Waals surface area contributed by atoms with Crippen LogP contribution in [0.2, 0.25) is 5.02 Å². The van der Waals surface area contributed by atoms with Gasteiger partial charge in [0.2, 0.25) is 0 Å². The van der Waals surface area contributed by atoms with Crippen LogP contribution in [0.4, 0.5) is 0 Å². The molecule has 23 heavy (non-hydrogen) atoms. The van der Waals surface area contributed by atoms with Crippen molar-refractivity contribution < 1.29 is 19.1 Å². The van der Waals surface area contributed by atoms with Gasteiger partial charge in [-0.05, 0) is 31.0 Å². The molecule has 0 unspecified atom stereocenters. The van der Waals surface area contributed by atoms with Gasteiger partial charge in [-0.15, -0.1) is 0 Å². The van der Waals surface area contributed by atoms with Crippen molar-refractivity contribution in [2.24, 2.45) is 0 Å². The highest BCUT2D eigenvalue weighted by molar-refractivity contribution is 6.35. The third kappa shape index (κ3) is 4.48. The Labute approximate surface area is 139 Å². The molecule has 0 bridgehead atoms. The second-order valence-corrected chi connectivity index (χ2v) is 5.71. The molecule has 2 rings (SSSR count). The molecule has 0 fully saturated rings. The van der Waals surface area contributed by atoms with Crippen LogP contribution in [-0.2, 0) is 25.5 Å². The molecule has 5 nitrogen and oxygen atoms in total. The number of esters is 2. The zero-order chi connectivity index (χ0) is 16.8. The molecule has 1 aromatic carbocycles. The summed E-state index contributed by atoms with van der Waals surface area (Å²) < 4.78 is 10.2. The van der Waals surface area contributed by atoms with Crippen LogP contribution >= 0.6 is 11.6 Å². The second-order valence-electron chi connectivity index (χ2n) is 5.31. The quantitative estimate of drug-likeness (QED) is 0.618. The second kappa shape index (κ2) is 8.02. The van der Waals surface area contributed by atoms with Gasteiger partial charge in [-0.1, -0.05) is 31.0 Å². The molecule has 0 aliphatic carbocycles. The Hall–Kier alpha value is -2.01. The van der Waals surface area contributed by atoms with Gasteiger partial charge in [0.25, 0.3) is 0 Å². The van der Waals surface area contributed by atoms with Crippen molar-refractivity contribution >= 4 is 34.4 Å². The average molecular weight is 338 g/mol. The van der Waals surface area contributed by atoms with Crippen molar-refractivity contribution in [3.05, 3.63) is 35.0 Å². The minimum atomic E-state index is -0.917. The lowest BCUT2D eigenvalue weighted by Crippen LogP contribution is -2.27. The first-order chi connectivity index (χ1) is 11.0. The lowest BCUT2D eigenvalue weighted by Gasteiger charge is -2.12. The summed E-state index contributed by atoms with van der Waals surface area (Å²) in [6, 6.07) is 5.47. The van der Waals surface area contributed by atoms with E-state index < -0.39 is 18.0 Å². The number of aromatic nitrogens is 1. The number of carbonyl (C=O) groups excluding carboxylic acids is 2. The number of aromatic amines is 1. The minimum Gasteiger partial charge on any atom is -0.463 e. The molecule has 0 radical (unpaired) electrons. The van der Waals surface area contributed by atoms with Crippen LogP contribution in [0.25, 0.3) is 10.9 Å². The zero-order valence-corrected chi connectivity index (χ0v) is 14.0. The molecule has 6 heteroatoms. The summed E-state index contributed by atoms with van der Waals surface area (Å²) in [5.74, 6) is -1.02. The molecule has 0 amide bonds. The van der Waals surface area contributed by atoms with Gasteiger partial charge in [-0.2, -0.15) is 0 Å². The SMILES string of the molecule is CCCCOC(=O)[C@H](C)OC(=O)Cc1c[nH]c2cccc(Cl)c12. The molecule has 124 valence electrons. The Balaban J connectivity index is 1.95. The Morgan fingerprint density at radius 3 is 2.87 bits per heavy atom. The van der Waals surface area contributed by atoms with Gasteiger partial charge in [0.05, 0.1) is 18.1 Å². The predicted molar refractivity (Wildman–Crippen MR) is 88.4 cm³/mol. The van der Waals surface area contributed by atoms with E-state index in [0.29, 0.717) is 11.6 Å².